The number of nitrogens with zero attached hydrogens (tertiary/aromatic N) is 1. The lowest BCUT2D eigenvalue weighted by atomic mass is 10.1. The highest BCUT2D eigenvalue weighted by atomic mass is 35.5. The quantitative estimate of drug-likeness (QED) is 0.501. The summed E-state index contributed by atoms with van der Waals surface area (Å²) in [5.41, 5.74) is 5.02. The summed E-state index contributed by atoms with van der Waals surface area (Å²) in [6, 6.07) is 10.7. The molecule has 2 aromatic carbocycles. The summed E-state index contributed by atoms with van der Waals surface area (Å²) in [6.45, 7) is -0.574. The number of hydrazine groups is 1. The molecule has 1 saturated heterocycles. The van der Waals surface area contributed by atoms with E-state index in [4.69, 9.17) is 39.5 Å². The molecule has 0 unspecified atom stereocenters. The molecule has 8 nitrogen and oxygen atoms in total. The molecule has 0 spiro atoms. The molecule has 0 radical (unpaired) electrons. The molecule has 2 N–H and O–H groups in total. The smallest absolute Gasteiger partial charge is 0.311 e. The summed E-state index contributed by atoms with van der Waals surface area (Å²) < 4.78 is 4.97. The van der Waals surface area contributed by atoms with E-state index in [1.807, 2.05) is 0 Å². The van der Waals surface area contributed by atoms with Crippen LogP contribution in [0.15, 0.2) is 42.5 Å². The van der Waals surface area contributed by atoms with Crippen LogP contribution in [0.1, 0.15) is 16.8 Å². The largest absolute Gasteiger partial charge is 0.455 e. The fourth-order valence-corrected chi connectivity index (χ4v) is 3.39. The first-order chi connectivity index (χ1) is 14.7. The van der Waals surface area contributed by atoms with Crippen LogP contribution in [-0.2, 0) is 19.1 Å². The Bertz CT molecular complexity index is 1030. The number of benzene rings is 2. The Balaban J connectivity index is 1.47. The van der Waals surface area contributed by atoms with Crippen LogP contribution in [0.5, 0.6) is 0 Å². The van der Waals surface area contributed by atoms with E-state index < -0.39 is 30.3 Å². The predicted molar refractivity (Wildman–Crippen MR) is 115 cm³/mol. The Morgan fingerprint density at radius 3 is 2.39 bits per heavy atom. The van der Waals surface area contributed by atoms with E-state index in [2.05, 4.69) is 10.9 Å². The second kappa shape index (κ2) is 10.00. The van der Waals surface area contributed by atoms with Crippen molar-refractivity contribution in [2.75, 3.05) is 18.1 Å². The van der Waals surface area contributed by atoms with Gasteiger partial charge in [-0.15, -0.1) is 0 Å². The average Bonchev–Trinajstić information content (AvgIpc) is 3.14. The fourth-order valence-electron chi connectivity index (χ4n) is 2.88. The minimum Gasteiger partial charge on any atom is -0.455 e. The van der Waals surface area contributed by atoms with E-state index >= 15 is 0 Å². The lowest BCUT2D eigenvalue weighted by molar-refractivity contribution is -0.152. The van der Waals surface area contributed by atoms with Gasteiger partial charge in [0.25, 0.3) is 11.8 Å². The molecular formula is C20H16Cl3N3O5. The van der Waals surface area contributed by atoms with Gasteiger partial charge in [0.2, 0.25) is 5.91 Å². The highest BCUT2D eigenvalue weighted by Gasteiger charge is 2.37. The zero-order chi connectivity index (χ0) is 22.5. The Labute approximate surface area is 192 Å². The number of rotatable bonds is 5. The molecule has 0 saturated carbocycles. The molecule has 1 aliphatic heterocycles. The van der Waals surface area contributed by atoms with Crippen LogP contribution in [-0.4, -0.2) is 36.8 Å². The van der Waals surface area contributed by atoms with Gasteiger partial charge in [-0.3, -0.25) is 30.0 Å². The maximum absolute atomic E-state index is 12.3. The van der Waals surface area contributed by atoms with Gasteiger partial charge in [-0.05, 0) is 42.5 Å². The maximum Gasteiger partial charge on any atom is 0.311 e. The van der Waals surface area contributed by atoms with Crippen LogP contribution in [0, 0.1) is 5.92 Å². The Morgan fingerprint density at radius 2 is 1.68 bits per heavy atom. The number of carbonyl (C=O) groups is 4. The van der Waals surface area contributed by atoms with Crippen molar-refractivity contribution >= 4 is 64.2 Å². The molecule has 0 aromatic heterocycles. The molecule has 3 amide bonds. The van der Waals surface area contributed by atoms with Gasteiger partial charge >= 0.3 is 5.97 Å². The topological polar surface area (TPSA) is 105 Å². The number of halogens is 3. The van der Waals surface area contributed by atoms with Crippen LogP contribution in [0.3, 0.4) is 0 Å². The van der Waals surface area contributed by atoms with Crippen LogP contribution >= 0.6 is 34.8 Å². The molecule has 1 aliphatic rings. The number of anilines is 1. The summed E-state index contributed by atoms with van der Waals surface area (Å²) in [5.74, 6) is -3.10. The second-order valence-corrected chi connectivity index (χ2v) is 7.90. The average molecular weight is 485 g/mol. The van der Waals surface area contributed by atoms with E-state index in [1.165, 1.54) is 35.2 Å². The van der Waals surface area contributed by atoms with Crippen molar-refractivity contribution in [2.24, 2.45) is 5.92 Å². The van der Waals surface area contributed by atoms with E-state index in [-0.39, 0.29) is 24.4 Å². The van der Waals surface area contributed by atoms with Gasteiger partial charge in [0.05, 0.1) is 16.6 Å². The van der Waals surface area contributed by atoms with Crippen molar-refractivity contribution in [3.63, 3.8) is 0 Å². The number of carbonyl (C=O) groups excluding carboxylic acids is 4. The van der Waals surface area contributed by atoms with Gasteiger partial charge in [-0.1, -0.05) is 34.8 Å². The van der Waals surface area contributed by atoms with Gasteiger partial charge in [0, 0.05) is 28.6 Å². The lowest BCUT2D eigenvalue weighted by Crippen LogP contribution is -2.43. The molecule has 31 heavy (non-hydrogen) atoms. The Kier molecular flexibility index (Phi) is 7.37. The third-order valence-corrected chi connectivity index (χ3v) is 5.23. The van der Waals surface area contributed by atoms with Gasteiger partial charge in [0.15, 0.2) is 6.61 Å². The number of amides is 3. The van der Waals surface area contributed by atoms with Crippen LogP contribution in [0.2, 0.25) is 15.1 Å². The normalized spacial score (nSPS) is 15.5. The first-order valence-electron chi connectivity index (χ1n) is 9.01. The summed E-state index contributed by atoms with van der Waals surface area (Å²) in [4.78, 5) is 49.7. The van der Waals surface area contributed by atoms with E-state index in [0.29, 0.717) is 20.8 Å². The van der Waals surface area contributed by atoms with Crippen molar-refractivity contribution in [1.29, 1.82) is 0 Å². The monoisotopic (exact) mass is 483 g/mol. The summed E-state index contributed by atoms with van der Waals surface area (Å²) in [6.07, 6.45) is -0.0867. The first-order valence-corrected chi connectivity index (χ1v) is 10.1. The van der Waals surface area contributed by atoms with E-state index in [9.17, 15) is 19.2 Å². The minimum atomic E-state index is -0.765. The summed E-state index contributed by atoms with van der Waals surface area (Å²) in [7, 11) is 0. The zero-order valence-electron chi connectivity index (χ0n) is 15.9. The molecular weight excluding hydrogens is 469 g/mol. The second-order valence-electron chi connectivity index (χ2n) is 6.62. The van der Waals surface area contributed by atoms with Crippen molar-refractivity contribution in [1.82, 2.24) is 10.9 Å². The van der Waals surface area contributed by atoms with Crippen molar-refractivity contribution in [2.45, 2.75) is 6.42 Å². The SMILES string of the molecule is O=C(COC(=O)[C@@H]1CC(=O)N(c2cc(Cl)ccc2Cl)C1)NNC(=O)c1ccc(Cl)cc1. The molecule has 162 valence electrons. The number of hydrogen-bond acceptors (Lipinski definition) is 5. The molecule has 1 atom stereocenters. The number of nitrogens with one attached hydrogen (secondary N) is 2. The number of hydrogen-bond donors (Lipinski definition) is 2. The standard InChI is InChI=1S/C20H16Cl3N3O5/c21-13-3-1-11(2-4-13)19(29)25-24-17(27)10-31-20(30)12-7-18(28)26(9-12)16-8-14(22)5-6-15(16)23/h1-6,8,12H,7,9-10H2,(H,24,27)(H,25,29)/t12-/m1/s1. The molecule has 1 heterocycles. The minimum absolute atomic E-state index is 0.0483. The van der Waals surface area contributed by atoms with Gasteiger partial charge in [-0.25, -0.2) is 0 Å². The number of ether oxygens (including phenoxy) is 1. The third kappa shape index (κ3) is 5.88. The van der Waals surface area contributed by atoms with Crippen LogP contribution < -0.4 is 15.8 Å². The molecule has 1 fully saturated rings. The molecule has 0 bridgehead atoms. The Hall–Kier alpha value is -2.81. The number of esters is 1. The van der Waals surface area contributed by atoms with Gasteiger partial charge in [0.1, 0.15) is 0 Å². The molecule has 11 heteroatoms. The Morgan fingerprint density at radius 1 is 1.00 bits per heavy atom. The first kappa shape index (κ1) is 22.9. The van der Waals surface area contributed by atoms with E-state index in [0.717, 1.165) is 0 Å². The molecule has 2 aromatic rings. The highest BCUT2D eigenvalue weighted by molar-refractivity contribution is 6.36. The van der Waals surface area contributed by atoms with Crippen molar-refractivity contribution in [3.05, 3.63) is 63.1 Å². The third-order valence-electron chi connectivity index (χ3n) is 4.42. The maximum atomic E-state index is 12.3. The fraction of sp³-hybridized carbons (Fsp3) is 0.200. The highest BCUT2D eigenvalue weighted by Crippen LogP contribution is 2.33. The van der Waals surface area contributed by atoms with Gasteiger partial charge < -0.3 is 9.64 Å². The lowest BCUT2D eigenvalue weighted by Gasteiger charge is -2.18. The van der Waals surface area contributed by atoms with Crippen LogP contribution in [0.25, 0.3) is 0 Å². The van der Waals surface area contributed by atoms with Crippen molar-refractivity contribution in [3.8, 4) is 0 Å². The predicted octanol–water partition coefficient (Wildman–Crippen LogP) is 3.00. The summed E-state index contributed by atoms with van der Waals surface area (Å²) >= 11 is 17.8. The zero-order valence-corrected chi connectivity index (χ0v) is 18.1. The van der Waals surface area contributed by atoms with Gasteiger partial charge in [-0.2, -0.15) is 0 Å². The molecule has 0 aliphatic carbocycles. The van der Waals surface area contributed by atoms with Crippen molar-refractivity contribution < 1.29 is 23.9 Å². The van der Waals surface area contributed by atoms with E-state index in [1.54, 1.807) is 12.1 Å². The van der Waals surface area contributed by atoms with Crippen LogP contribution in [0.4, 0.5) is 5.69 Å². The molecule has 3 rings (SSSR count). The summed E-state index contributed by atoms with van der Waals surface area (Å²) in [5, 5.41) is 1.19.